The molecule has 4 aliphatic rings. The van der Waals surface area contributed by atoms with Gasteiger partial charge in [-0.15, -0.1) is 0 Å². The summed E-state index contributed by atoms with van der Waals surface area (Å²) < 4.78 is 32.1. The van der Waals surface area contributed by atoms with Crippen LogP contribution >= 0.6 is 7.82 Å². The van der Waals surface area contributed by atoms with E-state index < -0.39 is 50.5 Å². The van der Waals surface area contributed by atoms with Gasteiger partial charge < -0.3 is 23.4 Å². The summed E-state index contributed by atoms with van der Waals surface area (Å²) in [5.74, 6) is -0.455. The molecule has 20 heavy (non-hydrogen) atoms. The molecular weight excluding hydrogens is 295 g/mol. The first-order valence-corrected chi connectivity index (χ1v) is 7.48. The summed E-state index contributed by atoms with van der Waals surface area (Å²) in [7, 11) is -4.38. The van der Waals surface area contributed by atoms with Crippen LogP contribution in [0.25, 0.3) is 0 Å². The van der Waals surface area contributed by atoms with E-state index in [9.17, 15) is 19.0 Å². The lowest BCUT2D eigenvalue weighted by atomic mass is 10.1. The summed E-state index contributed by atoms with van der Waals surface area (Å²) in [6.07, 6.45) is -4.23. The first-order valence-electron chi connectivity index (χ1n) is 6.02. The third-order valence-electron chi connectivity index (χ3n) is 3.67. The molecule has 110 valence electrons. The maximum Gasteiger partial charge on any atom is 0.328 e. The first-order chi connectivity index (χ1) is 9.44. The molecule has 0 aliphatic carbocycles. The monoisotopic (exact) mass is 305 g/mol. The van der Waals surface area contributed by atoms with Gasteiger partial charge in [0.25, 0.3) is 7.82 Å². The number of nitrogens with zero attached hydrogens (tertiary/aromatic N) is 1. The van der Waals surface area contributed by atoms with Gasteiger partial charge in [-0.2, -0.15) is 0 Å². The van der Waals surface area contributed by atoms with E-state index in [4.69, 9.17) is 18.5 Å². The fraction of sp³-hybridized carbons (Fsp3) is 0.778. The number of imide groups is 1. The van der Waals surface area contributed by atoms with Gasteiger partial charge in [-0.1, -0.05) is 0 Å². The third-order valence-corrected chi connectivity index (χ3v) is 4.67. The summed E-state index contributed by atoms with van der Waals surface area (Å²) in [5.41, 5.74) is 0. The Morgan fingerprint density at radius 1 is 1.30 bits per heavy atom. The number of phosphoric acid groups is 1. The highest BCUT2D eigenvalue weighted by Crippen LogP contribution is 2.55. The highest BCUT2D eigenvalue weighted by Gasteiger charge is 2.60. The van der Waals surface area contributed by atoms with Gasteiger partial charge >= 0.3 is 6.03 Å². The van der Waals surface area contributed by atoms with E-state index in [1.165, 1.54) is 0 Å². The standard InChI is InChI=1S/C9H11N2O8P/c12-4-1-5-11(9(13)10-4)8-7-6(3(17-8)2-16-5)18-20(14,15)19-7/h3,5-8H,1-2H2,(H,14,15)(H,10,12,13)/p-1/t3-,5?,6?,7?,8-/m1/s1. The van der Waals surface area contributed by atoms with Crippen LogP contribution in [0.4, 0.5) is 4.79 Å². The number of carbonyl (C=O) groups excluding carboxylic acids is 2. The molecule has 0 aromatic heterocycles. The number of carbonyl (C=O) groups is 2. The number of urea groups is 1. The summed E-state index contributed by atoms with van der Waals surface area (Å²) in [5, 5.41) is 2.13. The van der Waals surface area contributed by atoms with Crippen LogP contribution in [0.3, 0.4) is 0 Å². The largest absolute Gasteiger partial charge is 0.756 e. The van der Waals surface area contributed by atoms with Crippen LogP contribution in [-0.4, -0.2) is 54.2 Å². The van der Waals surface area contributed by atoms with Gasteiger partial charge in [-0.25, -0.2) is 4.79 Å². The molecule has 3 amide bonds. The van der Waals surface area contributed by atoms with Gasteiger partial charge in [-0.3, -0.25) is 19.6 Å². The third kappa shape index (κ3) is 1.73. The molecule has 0 saturated carbocycles. The molecule has 10 nitrogen and oxygen atoms in total. The van der Waals surface area contributed by atoms with Crippen LogP contribution in [0.2, 0.25) is 0 Å². The van der Waals surface area contributed by atoms with Gasteiger partial charge in [0, 0.05) is 0 Å². The number of ether oxygens (including phenoxy) is 2. The Labute approximate surface area is 112 Å². The molecule has 4 rings (SSSR count). The lowest BCUT2D eigenvalue weighted by Crippen LogP contribution is -2.61. The Morgan fingerprint density at radius 2 is 2.05 bits per heavy atom. The molecule has 4 fully saturated rings. The van der Waals surface area contributed by atoms with E-state index >= 15 is 0 Å². The van der Waals surface area contributed by atoms with Crippen LogP contribution in [0, 0.1) is 0 Å². The second kappa shape index (κ2) is 4.00. The zero-order valence-corrected chi connectivity index (χ0v) is 10.9. The van der Waals surface area contributed by atoms with E-state index in [-0.39, 0.29) is 13.0 Å². The maximum absolute atomic E-state index is 11.9. The zero-order chi connectivity index (χ0) is 14.1. The first kappa shape index (κ1) is 12.7. The Hall–Kier alpha value is -1.03. The predicted molar refractivity (Wildman–Crippen MR) is 55.7 cm³/mol. The summed E-state index contributed by atoms with van der Waals surface area (Å²) >= 11 is 0. The lowest BCUT2D eigenvalue weighted by Gasteiger charge is -2.38. The van der Waals surface area contributed by atoms with Crippen molar-refractivity contribution in [2.75, 3.05) is 6.61 Å². The molecule has 0 spiro atoms. The number of hydrogen-bond acceptors (Lipinski definition) is 8. The topological polar surface area (TPSA) is 126 Å². The van der Waals surface area contributed by atoms with Crippen LogP contribution in [0.15, 0.2) is 0 Å². The molecule has 4 heterocycles. The number of nitrogens with one attached hydrogen (secondary N) is 1. The lowest BCUT2D eigenvalue weighted by molar-refractivity contribution is -0.222. The minimum Gasteiger partial charge on any atom is -0.756 e. The van der Waals surface area contributed by atoms with Crippen molar-refractivity contribution in [3.63, 3.8) is 0 Å². The van der Waals surface area contributed by atoms with Crippen molar-refractivity contribution in [1.82, 2.24) is 10.2 Å². The fourth-order valence-electron chi connectivity index (χ4n) is 2.88. The van der Waals surface area contributed by atoms with Gasteiger partial charge in [-0.05, 0) is 0 Å². The average molecular weight is 305 g/mol. The SMILES string of the molecule is O=C1CC2OC[C@H]3O[C@H](C4OP(=O)([O-])OC43)N2C(=O)N1. The number of amides is 3. The molecule has 4 unspecified atom stereocenters. The smallest absolute Gasteiger partial charge is 0.328 e. The van der Waals surface area contributed by atoms with Crippen molar-refractivity contribution >= 4 is 19.8 Å². The Morgan fingerprint density at radius 3 is 2.85 bits per heavy atom. The van der Waals surface area contributed by atoms with Gasteiger partial charge in [0.1, 0.15) is 24.5 Å². The molecule has 0 aromatic carbocycles. The summed E-state index contributed by atoms with van der Waals surface area (Å²) in [4.78, 5) is 35.8. The van der Waals surface area contributed by atoms with Gasteiger partial charge in [0.15, 0.2) is 6.23 Å². The number of rotatable bonds is 0. The molecule has 6 atom stereocenters. The van der Waals surface area contributed by atoms with Gasteiger partial charge in [0.2, 0.25) is 5.91 Å². The quantitative estimate of drug-likeness (QED) is 0.523. The highest BCUT2D eigenvalue weighted by atomic mass is 31.2. The summed E-state index contributed by atoms with van der Waals surface area (Å²) in [6, 6.07) is -0.700. The van der Waals surface area contributed by atoms with Gasteiger partial charge in [0.05, 0.1) is 13.0 Å². The highest BCUT2D eigenvalue weighted by molar-refractivity contribution is 7.46. The van der Waals surface area contributed by atoms with Crippen molar-refractivity contribution < 1.29 is 37.6 Å². The molecule has 1 N–H and O–H groups in total. The molecule has 2 bridgehead atoms. The van der Waals surface area contributed by atoms with E-state index in [0.717, 1.165) is 4.90 Å². The van der Waals surface area contributed by atoms with Crippen molar-refractivity contribution in [1.29, 1.82) is 0 Å². The van der Waals surface area contributed by atoms with E-state index in [2.05, 4.69) is 5.32 Å². The Kier molecular flexibility index (Phi) is 2.54. The van der Waals surface area contributed by atoms with Crippen molar-refractivity contribution in [2.45, 2.75) is 37.2 Å². The zero-order valence-electron chi connectivity index (χ0n) is 9.96. The molecule has 0 aromatic rings. The van der Waals surface area contributed by atoms with Crippen LogP contribution in [0.5, 0.6) is 0 Å². The van der Waals surface area contributed by atoms with E-state index in [1.807, 2.05) is 0 Å². The normalized spacial score (nSPS) is 50.5. The predicted octanol–water partition coefficient (Wildman–Crippen LogP) is -1.74. The van der Waals surface area contributed by atoms with E-state index in [0.29, 0.717) is 0 Å². The van der Waals surface area contributed by atoms with Crippen LogP contribution < -0.4 is 10.2 Å². The molecule has 4 saturated heterocycles. The number of fused-ring (bicyclic) bond motifs is 7. The Balaban J connectivity index is 1.68. The molecule has 4 aliphatic heterocycles. The number of hydrogen-bond donors (Lipinski definition) is 1. The van der Waals surface area contributed by atoms with Crippen LogP contribution in [-0.2, 0) is 27.9 Å². The molecular formula is C9H10N2O8P-. The second-order valence-corrected chi connectivity index (χ2v) is 6.22. The second-order valence-electron chi connectivity index (χ2n) is 4.91. The van der Waals surface area contributed by atoms with Crippen molar-refractivity contribution in [2.24, 2.45) is 0 Å². The maximum atomic E-state index is 11.9. The fourth-order valence-corrected chi connectivity index (χ4v) is 4.00. The Bertz CT molecular complexity index is 540. The van der Waals surface area contributed by atoms with Crippen LogP contribution in [0.1, 0.15) is 6.42 Å². The number of phosphoric ester groups is 1. The average Bonchev–Trinajstić information content (AvgIpc) is 2.72. The van der Waals surface area contributed by atoms with Crippen molar-refractivity contribution in [3.8, 4) is 0 Å². The summed E-state index contributed by atoms with van der Waals surface area (Å²) in [6.45, 7) is 0.0166. The minimum absolute atomic E-state index is 0.0166. The molecule has 11 heteroatoms. The molecule has 0 radical (unpaired) electrons. The van der Waals surface area contributed by atoms with Crippen molar-refractivity contribution in [3.05, 3.63) is 0 Å². The minimum atomic E-state index is -4.38. The van der Waals surface area contributed by atoms with E-state index in [1.54, 1.807) is 0 Å².